The number of amides is 1. The van der Waals surface area contributed by atoms with Crippen molar-refractivity contribution in [1.82, 2.24) is 5.32 Å². The maximum atomic E-state index is 16.0. The van der Waals surface area contributed by atoms with Crippen LogP contribution in [-0.4, -0.2) is 112 Å². The average molecular weight is 898 g/mol. The zero-order valence-electron chi connectivity index (χ0n) is 37.9. The zero-order chi connectivity index (χ0) is 47.2. The fourth-order valence-corrected chi connectivity index (χ4v) is 10.8. The maximum Gasteiger partial charge on any atom is 0.338 e. The van der Waals surface area contributed by atoms with E-state index in [0.717, 1.165) is 6.92 Å². The highest BCUT2D eigenvalue weighted by Crippen LogP contribution is 2.65. The molecule has 7 rings (SSSR count). The Balaban J connectivity index is 1.41. The van der Waals surface area contributed by atoms with Gasteiger partial charge >= 0.3 is 17.9 Å². The Labute approximate surface area is 378 Å². The van der Waals surface area contributed by atoms with E-state index >= 15 is 4.79 Å². The monoisotopic (exact) mass is 897 g/mol. The van der Waals surface area contributed by atoms with Crippen LogP contribution in [-0.2, 0) is 42.8 Å². The summed E-state index contributed by atoms with van der Waals surface area (Å²) in [4.78, 5) is 70.4. The van der Waals surface area contributed by atoms with Gasteiger partial charge in [-0.2, -0.15) is 0 Å². The lowest BCUT2D eigenvalue weighted by Crippen LogP contribution is -2.82. The Kier molecular flexibility index (Phi) is 13.3. The molecule has 3 unspecified atom stereocenters. The first kappa shape index (κ1) is 47.7. The summed E-state index contributed by atoms with van der Waals surface area (Å²) >= 11 is 0. The van der Waals surface area contributed by atoms with Gasteiger partial charge in [-0.25, -0.2) is 4.79 Å². The average Bonchev–Trinajstić information content (AvgIpc) is 3.26. The number of esters is 3. The molecule has 0 spiro atoms. The fourth-order valence-electron chi connectivity index (χ4n) is 10.8. The number of aliphatic hydroxyl groups excluding tert-OH is 2. The second-order valence-corrected chi connectivity index (χ2v) is 18.6. The summed E-state index contributed by atoms with van der Waals surface area (Å²) < 4.78 is 37.9. The number of nitrogens with one attached hydrogen (secondary N) is 1. The molecule has 4 N–H and O–H groups in total. The summed E-state index contributed by atoms with van der Waals surface area (Å²) in [5.41, 5.74) is -6.18. The molecule has 1 amide bonds. The molecule has 1 saturated heterocycles. The summed E-state index contributed by atoms with van der Waals surface area (Å²) in [6.45, 7) is 12.2. The van der Waals surface area contributed by atoms with Crippen molar-refractivity contribution in [3.8, 4) is 0 Å². The highest BCUT2D eigenvalue weighted by molar-refractivity contribution is 5.96. The smallest absolute Gasteiger partial charge is 0.338 e. The molecule has 348 valence electrons. The van der Waals surface area contributed by atoms with Gasteiger partial charge in [-0.1, -0.05) is 80.6 Å². The van der Waals surface area contributed by atoms with Crippen LogP contribution in [0.3, 0.4) is 0 Å². The first-order valence-corrected chi connectivity index (χ1v) is 22.0. The van der Waals surface area contributed by atoms with E-state index in [-0.39, 0.29) is 29.7 Å². The zero-order valence-corrected chi connectivity index (χ0v) is 37.9. The minimum Gasteiger partial charge on any atom is -0.455 e. The molecule has 3 aromatic rings. The standard InChI is InChI=1S/C50H59NO14/c1-27(2)61-35-24-36-49(26-60-36,65-30(5)53)41-43(64-45(57)33-22-16-11-17-23-33)50(59)25-34(28(3)37(47(50,6)7)40(62-29(4)52)42(55)48(35,41)8)63-46(58)39(54)38(31-18-12-9-13-19-31)51-44(56)32-20-14-10-15-21-32/h9-23,27,34-36,38-41,43,46,54,58-59H,24-26H2,1-8H3,(H,51,56)/t34-,35-,36+,38-,39+,40+,41?,43?,46?,48+,49-,50+/m0/s1. The van der Waals surface area contributed by atoms with Crippen molar-refractivity contribution in [1.29, 1.82) is 0 Å². The number of Topliss-reactive ketones (excluding diaryl/α,β-unsaturated/α-hetero) is 1. The quantitative estimate of drug-likeness (QED) is 0.0773. The first-order chi connectivity index (χ1) is 30.7. The number of fused-ring (bicyclic) bond motifs is 5. The Hall–Kier alpha value is -5.29. The molecule has 65 heavy (non-hydrogen) atoms. The molecule has 12 atom stereocenters. The van der Waals surface area contributed by atoms with Gasteiger partial charge in [-0.3, -0.25) is 19.2 Å². The first-order valence-electron chi connectivity index (χ1n) is 22.0. The van der Waals surface area contributed by atoms with E-state index in [1.807, 2.05) is 0 Å². The molecule has 2 saturated carbocycles. The lowest BCUT2D eigenvalue weighted by molar-refractivity contribution is -0.351. The number of ether oxygens (including phenoxy) is 6. The molecule has 15 heteroatoms. The lowest BCUT2D eigenvalue weighted by Gasteiger charge is -2.68. The predicted octanol–water partition coefficient (Wildman–Crippen LogP) is 4.96. The number of rotatable bonds is 13. The van der Waals surface area contributed by atoms with Crippen LogP contribution in [0.1, 0.15) is 101 Å². The second-order valence-electron chi connectivity index (χ2n) is 18.6. The van der Waals surface area contributed by atoms with E-state index in [1.54, 1.807) is 120 Å². The number of benzene rings is 3. The molecule has 1 aliphatic heterocycles. The highest BCUT2D eigenvalue weighted by Gasteiger charge is 2.78. The van der Waals surface area contributed by atoms with Gasteiger partial charge in [0.15, 0.2) is 23.8 Å². The molecule has 15 nitrogen and oxygen atoms in total. The van der Waals surface area contributed by atoms with Crippen molar-refractivity contribution in [2.75, 3.05) is 6.61 Å². The summed E-state index contributed by atoms with van der Waals surface area (Å²) in [5.74, 6) is -5.05. The van der Waals surface area contributed by atoms with Crippen LogP contribution in [0, 0.1) is 16.7 Å². The number of carbonyl (C=O) groups excluding carboxylic acids is 5. The van der Waals surface area contributed by atoms with Crippen molar-refractivity contribution < 1.29 is 67.7 Å². The molecule has 3 aromatic carbocycles. The molecule has 4 aliphatic rings. The molecule has 1 heterocycles. The molecule has 2 bridgehead atoms. The Morgan fingerprint density at radius 1 is 0.815 bits per heavy atom. The summed E-state index contributed by atoms with van der Waals surface area (Å²) in [5, 5.41) is 40.7. The maximum absolute atomic E-state index is 16.0. The second kappa shape index (κ2) is 18.2. The van der Waals surface area contributed by atoms with Gasteiger partial charge in [-0.05, 0) is 68.7 Å². The Bertz CT molecular complexity index is 2300. The van der Waals surface area contributed by atoms with Crippen LogP contribution >= 0.6 is 0 Å². The topological polar surface area (TPSA) is 213 Å². The van der Waals surface area contributed by atoms with Gasteiger partial charge in [0.25, 0.3) is 5.91 Å². The number of carbonyl (C=O) groups is 5. The van der Waals surface area contributed by atoms with E-state index in [4.69, 9.17) is 28.4 Å². The molecular weight excluding hydrogens is 839 g/mol. The van der Waals surface area contributed by atoms with Crippen LogP contribution in [0.2, 0.25) is 0 Å². The van der Waals surface area contributed by atoms with Crippen LogP contribution in [0.15, 0.2) is 102 Å². The number of ketones is 1. The SMILES string of the molecule is CC(=O)O[C@H]1C(=O)[C@@]2(C)C(C(OC(=O)c3ccccc3)[C@]3(O)C[C@H](OC(O)[C@H](O)[C@@H](NC(=O)c4ccccc4)c4ccccc4)C(C)=C1C3(C)C)[C@]1(OC(C)=O)CO[C@@H]1C[C@@H]2OC(C)C. The third kappa shape index (κ3) is 8.42. The van der Waals surface area contributed by atoms with Crippen molar-refractivity contribution in [2.24, 2.45) is 16.7 Å². The van der Waals surface area contributed by atoms with E-state index < -0.39 is 119 Å². The number of hydrogen-bond acceptors (Lipinski definition) is 14. The summed E-state index contributed by atoms with van der Waals surface area (Å²) in [7, 11) is 0. The predicted molar refractivity (Wildman–Crippen MR) is 233 cm³/mol. The number of aliphatic hydroxyl groups is 3. The number of hydrogen-bond donors (Lipinski definition) is 4. The van der Waals surface area contributed by atoms with Crippen molar-refractivity contribution in [3.05, 3.63) is 119 Å². The van der Waals surface area contributed by atoms with E-state index in [1.165, 1.54) is 19.1 Å². The largest absolute Gasteiger partial charge is 0.455 e. The molecular formula is C50H59NO14. The highest BCUT2D eigenvalue weighted by atomic mass is 16.6. The van der Waals surface area contributed by atoms with Crippen molar-refractivity contribution in [2.45, 2.75) is 134 Å². The van der Waals surface area contributed by atoms with Crippen LogP contribution < -0.4 is 5.32 Å². The molecule has 0 radical (unpaired) electrons. The van der Waals surface area contributed by atoms with Gasteiger partial charge in [0.2, 0.25) is 0 Å². The van der Waals surface area contributed by atoms with Crippen LogP contribution in [0.4, 0.5) is 0 Å². The van der Waals surface area contributed by atoms with Crippen LogP contribution in [0.5, 0.6) is 0 Å². The van der Waals surface area contributed by atoms with E-state index in [2.05, 4.69) is 5.32 Å². The van der Waals surface area contributed by atoms with Crippen LogP contribution in [0.25, 0.3) is 0 Å². The van der Waals surface area contributed by atoms with Gasteiger partial charge in [0.05, 0.1) is 47.9 Å². The summed E-state index contributed by atoms with van der Waals surface area (Å²) in [6, 6.07) is 23.6. The van der Waals surface area contributed by atoms with Crippen molar-refractivity contribution >= 4 is 29.6 Å². The normalized spacial score (nSPS) is 31.7. The van der Waals surface area contributed by atoms with Crippen molar-refractivity contribution in [3.63, 3.8) is 0 Å². The minimum atomic E-state index is -2.31. The van der Waals surface area contributed by atoms with Gasteiger partial charge in [0, 0.05) is 37.7 Å². The third-order valence-corrected chi connectivity index (χ3v) is 14.0. The van der Waals surface area contributed by atoms with Gasteiger partial charge in [-0.15, -0.1) is 0 Å². The van der Waals surface area contributed by atoms with E-state index in [9.17, 15) is 34.5 Å². The molecule has 0 aromatic heterocycles. The molecule has 3 aliphatic carbocycles. The van der Waals surface area contributed by atoms with Gasteiger partial charge in [0.1, 0.15) is 23.9 Å². The summed E-state index contributed by atoms with van der Waals surface area (Å²) in [6.07, 6.45) is -11.5. The Morgan fingerprint density at radius 2 is 1.40 bits per heavy atom. The Morgan fingerprint density at radius 3 is 1.94 bits per heavy atom. The third-order valence-electron chi connectivity index (χ3n) is 14.0. The lowest BCUT2D eigenvalue weighted by atomic mass is 9.44. The molecule has 3 fully saturated rings. The fraction of sp³-hybridized carbons (Fsp3) is 0.500. The minimum absolute atomic E-state index is 0.0510. The van der Waals surface area contributed by atoms with E-state index in [0.29, 0.717) is 11.1 Å². The van der Waals surface area contributed by atoms with Gasteiger partial charge < -0.3 is 49.1 Å².